The summed E-state index contributed by atoms with van der Waals surface area (Å²) >= 11 is 0. The number of tetrazole rings is 1. The van der Waals surface area contributed by atoms with E-state index in [1.807, 2.05) is 44.2 Å². The molecule has 0 saturated carbocycles. The van der Waals surface area contributed by atoms with Crippen LogP contribution in [0.5, 0.6) is 0 Å². The van der Waals surface area contributed by atoms with Crippen molar-refractivity contribution in [3.05, 3.63) is 30.3 Å². The molecule has 0 fully saturated rings. The van der Waals surface area contributed by atoms with Crippen molar-refractivity contribution in [2.75, 3.05) is 5.32 Å². The molecule has 0 aliphatic carbocycles. The van der Waals surface area contributed by atoms with Crippen LogP contribution in [0.3, 0.4) is 0 Å². The van der Waals surface area contributed by atoms with Gasteiger partial charge in [-0.05, 0) is 36.4 Å². The Morgan fingerprint density at radius 2 is 1.93 bits per heavy atom. The summed E-state index contributed by atoms with van der Waals surface area (Å²) < 4.78 is 1.68. The summed E-state index contributed by atoms with van der Waals surface area (Å²) in [5, 5.41) is 14.7. The molecular formula is C10H13N5. The van der Waals surface area contributed by atoms with E-state index in [1.165, 1.54) is 0 Å². The summed E-state index contributed by atoms with van der Waals surface area (Å²) in [5.41, 5.74) is 0.950. The molecule has 1 heterocycles. The molecule has 5 heteroatoms. The highest BCUT2D eigenvalue weighted by molar-refractivity contribution is 5.38. The maximum absolute atomic E-state index is 3.93. The monoisotopic (exact) mass is 203 g/mol. The van der Waals surface area contributed by atoms with Gasteiger partial charge in [-0.1, -0.05) is 23.3 Å². The lowest BCUT2D eigenvalue weighted by Gasteiger charge is -2.08. The zero-order chi connectivity index (χ0) is 10.7. The van der Waals surface area contributed by atoms with Crippen LogP contribution in [0, 0.1) is 0 Å². The molecule has 0 atom stereocenters. The van der Waals surface area contributed by atoms with E-state index in [4.69, 9.17) is 0 Å². The second kappa shape index (κ2) is 4.08. The first-order valence-electron chi connectivity index (χ1n) is 4.87. The maximum Gasteiger partial charge on any atom is 0.247 e. The first-order chi connectivity index (χ1) is 7.27. The molecule has 0 bridgehead atoms. The lowest BCUT2D eigenvalue weighted by Crippen LogP contribution is -2.14. The van der Waals surface area contributed by atoms with Crippen molar-refractivity contribution in [1.29, 1.82) is 0 Å². The standard InChI is InChI=1S/C10H13N5/c1-8(2)11-10-12-13-14-15(10)9-6-4-3-5-7-9/h3-8H,1-2H3,(H,11,12,14). The number of aromatic nitrogens is 4. The number of benzene rings is 1. The molecular weight excluding hydrogens is 190 g/mol. The van der Waals surface area contributed by atoms with E-state index in [2.05, 4.69) is 20.8 Å². The highest BCUT2D eigenvalue weighted by atomic mass is 15.6. The summed E-state index contributed by atoms with van der Waals surface area (Å²) in [5.74, 6) is 0.663. The second-order valence-electron chi connectivity index (χ2n) is 3.55. The number of anilines is 1. The predicted octanol–water partition coefficient (Wildman–Crippen LogP) is 1.48. The van der Waals surface area contributed by atoms with Crippen LogP contribution in [0.15, 0.2) is 30.3 Å². The second-order valence-corrected chi connectivity index (χ2v) is 3.55. The van der Waals surface area contributed by atoms with E-state index in [0.29, 0.717) is 12.0 Å². The molecule has 0 saturated heterocycles. The number of nitrogens with zero attached hydrogens (tertiary/aromatic N) is 4. The number of para-hydroxylation sites is 1. The summed E-state index contributed by atoms with van der Waals surface area (Å²) in [6.07, 6.45) is 0. The van der Waals surface area contributed by atoms with Crippen LogP contribution in [-0.4, -0.2) is 26.2 Å². The zero-order valence-electron chi connectivity index (χ0n) is 8.75. The van der Waals surface area contributed by atoms with Gasteiger partial charge in [0.1, 0.15) is 0 Å². The molecule has 0 aliphatic heterocycles. The molecule has 15 heavy (non-hydrogen) atoms. The lowest BCUT2D eigenvalue weighted by atomic mass is 10.3. The van der Waals surface area contributed by atoms with Gasteiger partial charge in [0, 0.05) is 6.04 Å². The smallest absolute Gasteiger partial charge is 0.247 e. The van der Waals surface area contributed by atoms with Crippen molar-refractivity contribution in [3.63, 3.8) is 0 Å². The van der Waals surface area contributed by atoms with E-state index in [9.17, 15) is 0 Å². The largest absolute Gasteiger partial charge is 0.351 e. The Morgan fingerprint density at radius 3 is 2.60 bits per heavy atom. The average molecular weight is 203 g/mol. The maximum atomic E-state index is 3.93. The van der Waals surface area contributed by atoms with E-state index in [1.54, 1.807) is 4.68 Å². The summed E-state index contributed by atoms with van der Waals surface area (Å²) in [6.45, 7) is 4.09. The van der Waals surface area contributed by atoms with Gasteiger partial charge in [-0.3, -0.25) is 0 Å². The quantitative estimate of drug-likeness (QED) is 0.821. The molecule has 0 unspecified atom stereocenters. The molecule has 0 amide bonds. The number of hydrogen-bond acceptors (Lipinski definition) is 4. The Balaban J connectivity index is 2.33. The van der Waals surface area contributed by atoms with Crippen LogP contribution in [0.1, 0.15) is 13.8 Å². The van der Waals surface area contributed by atoms with Gasteiger partial charge in [0.2, 0.25) is 5.95 Å². The van der Waals surface area contributed by atoms with Gasteiger partial charge in [0.25, 0.3) is 0 Å². The molecule has 5 nitrogen and oxygen atoms in total. The number of rotatable bonds is 3. The minimum absolute atomic E-state index is 0.304. The predicted molar refractivity (Wildman–Crippen MR) is 57.9 cm³/mol. The van der Waals surface area contributed by atoms with Crippen LogP contribution >= 0.6 is 0 Å². The third-order valence-corrected chi connectivity index (χ3v) is 1.89. The Kier molecular flexibility index (Phi) is 2.62. The Hall–Kier alpha value is -1.91. The van der Waals surface area contributed by atoms with E-state index < -0.39 is 0 Å². The van der Waals surface area contributed by atoms with Crippen molar-refractivity contribution in [1.82, 2.24) is 20.2 Å². The van der Waals surface area contributed by atoms with Gasteiger partial charge in [0.05, 0.1) is 5.69 Å². The highest BCUT2D eigenvalue weighted by Gasteiger charge is 2.07. The third-order valence-electron chi connectivity index (χ3n) is 1.89. The fourth-order valence-electron chi connectivity index (χ4n) is 1.28. The topological polar surface area (TPSA) is 55.6 Å². The molecule has 0 spiro atoms. The first-order valence-corrected chi connectivity index (χ1v) is 4.87. The molecule has 1 aromatic carbocycles. The van der Waals surface area contributed by atoms with Gasteiger partial charge in [0.15, 0.2) is 0 Å². The molecule has 0 radical (unpaired) electrons. The molecule has 2 rings (SSSR count). The van der Waals surface area contributed by atoms with Crippen molar-refractivity contribution in [3.8, 4) is 5.69 Å². The highest BCUT2D eigenvalue weighted by Crippen LogP contribution is 2.10. The van der Waals surface area contributed by atoms with Crippen molar-refractivity contribution in [2.45, 2.75) is 19.9 Å². The Morgan fingerprint density at radius 1 is 1.20 bits per heavy atom. The first kappa shape index (κ1) is 9.64. The SMILES string of the molecule is CC(C)Nc1nnnn1-c1ccccc1. The summed E-state index contributed by atoms with van der Waals surface area (Å²) in [6, 6.07) is 10.1. The van der Waals surface area contributed by atoms with Crippen molar-refractivity contribution in [2.24, 2.45) is 0 Å². The third kappa shape index (κ3) is 2.12. The number of nitrogens with one attached hydrogen (secondary N) is 1. The molecule has 78 valence electrons. The van der Waals surface area contributed by atoms with Crippen molar-refractivity contribution >= 4 is 5.95 Å². The van der Waals surface area contributed by atoms with Crippen LogP contribution in [0.2, 0.25) is 0 Å². The van der Waals surface area contributed by atoms with E-state index in [-0.39, 0.29) is 0 Å². The molecule has 2 aromatic rings. The van der Waals surface area contributed by atoms with Crippen LogP contribution < -0.4 is 5.32 Å². The van der Waals surface area contributed by atoms with E-state index >= 15 is 0 Å². The van der Waals surface area contributed by atoms with Crippen LogP contribution in [0.4, 0.5) is 5.95 Å². The Labute approximate surface area is 88.1 Å². The molecule has 1 aromatic heterocycles. The van der Waals surface area contributed by atoms with E-state index in [0.717, 1.165) is 5.69 Å². The van der Waals surface area contributed by atoms with Crippen LogP contribution in [-0.2, 0) is 0 Å². The van der Waals surface area contributed by atoms with Crippen molar-refractivity contribution < 1.29 is 0 Å². The number of hydrogen-bond donors (Lipinski definition) is 1. The Bertz CT molecular complexity index is 420. The average Bonchev–Trinajstić information content (AvgIpc) is 2.66. The van der Waals surface area contributed by atoms with Gasteiger partial charge in [-0.15, -0.1) is 0 Å². The summed E-state index contributed by atoms with van der Waals surface area (Å²) in [7, 11) is 0. The molecule has 0 aliphatic rings. The fourth-order valence-corrected chi connectivity index (χ4v) is 1.28. The fraction of sp³-hybridized carbons (Fsp3) is 0.300. The van der Waals surface area contributed by atoms with Crippen LogP contribution in [0.25, 0.3) is 5.69 Å². The zero-order valence-corrected chi connectivity index (χ0v) is 8.75. The van der Waals surface area contributed by atoms with Gasteiger partial charge < -0.3 is 5.32 Å². The molecule has 1 N–H and O–H groups in total. The normalized spacial score (nSPS) is 10.6. The minimum atomic E-state index is 0.304. The van der Waals surface area contributed by atoms with Gasteiger partial charge >= 0.3 is 0 Å². The summed E-state index contributed by atoms with van der Waals surface area (Å²) in [4.78, 5) is 0. The van der Waals surface area contributed by atoms with Gasteiger partial charge in [-0.25, -0.2) is 0 Å². The lowest BCUT2D eigenvalue weighted by molar-refractivity contribution is 0.782. The minimum Gasteiger partial charge on any atom is -0.351 e. The van der Waals surface area contributed by atoms with Gasteiger partial charge in [-0.2, -0.15) is 4.68 Å².